The van der Waals surface area contributed by atoms with Gasteiger partial charge in [-0.2, -0.15) is 0 Å². The molecule has 0 unspecified atom stereocenters. The van der Waals surface area contributed by atoms with E-state index in [2.05, 4.69) is 15.6 Å². The summed E-state index contributed by atoms with van der Waals surface area (Å²) in [6.07, 6.45) is 6.64. The predicted molar refractivity (Wildman–Crippen MR) is 78.0 cm³/mol. The number of thiophene rings is 1. The van der Waals surface area contributed by atoms with Crippen LogP contribution in [-0.4, -0.2) is 38.5 Å². The first-order chi connectivity index (χ1) is 10.1. The van der Waals surface area contributed by atoms with Crippen molar-refractivity contribution in [2.75, 3.05) is 6.54 Å². The van der Waals surface area contributed by atoms with Gasteiger partial charge >= 0.3 is 5.97 Å². The third kappa shape index (κ3) is 4.84. The molecule has 2 N–H and O–H groups in total. The fourth-order valence-electron chi connectivity index (χ4n) is 1.61. The fraction of sp³-hybridized carbons (Fsp3) is 0.231. The first-order valence-corrected chi connectivity index (χ1v) is 7.15. The van der Waals surface area contributed by atoms with Crippen molar-refractivity contribution in [2.45, 2.75) is 13.0 Å². The Labute approximate surface area is 124 Å². The minimum atomic E-state index is -1.01. The molecular formula is C13H14N4O3S. The van der Waals surface area contributed by atoms with Gasteiger partial charge in [0, 0.05) is 35.6 Å². The molecular weight excluding hydrogens is 292 g/mol. The van der Waals surface area contributed by atoms with Gasteiger partial charge in [0.1, 0.15) is 0 Å². The van der Waals surface area contributed by atoms with E-state index in [1.54, 1.807) is 28.5 Å². The zero-order chi connectivity index (χ0) is 15.1. The van der Waals surface area contributed by atoms with Crippen LogP contribution in [-0.2, 0) is 11.3 Å². The average molecular weight is 306 g/mol. The molecule has 0 aromatic carbocycles. The van der Waals surface area contributed by atoms with Crippen LogP contribution in [0.4, 0.5) is 0 Å². The highest BCUT2D eigenvalue weighted by Gasteiger charge is 2.07. The zero-order valence-corrected chi connectivity index (χ0v) is 11.9. The second kappa shape index (κ2) is 7.34. The monoisotopic (exact) mass is 306 g/mol. The van der Waals surface area contributed by atoms with Crippen LogP contribution in [0.15, 0.2) is 29.9 Å². The van der Waals surface area contributed by atoms with Gasteiger partial charge in [-0.15, -0.1) is 16.4 Å². The number of amides is 1. The number of hydrogen-bond donors (Lipinski definition) is 2. The number of carboxylic acid groups (broad SMARTS) is 1. The fourth-order valence-corrected chi connectivity index (χ4v) is 2.39. The minimum Gasteiger partial charge on any atom is -0.478 e. The van der Waals surface area contributed by atoms with E-state index in [0.717, 1.165) is 17.4 Å². The summed E-state index contributed by atoms with van der Waals surface area (Å²) in [6, 6.07) is 1.66. The molecule has 2 rings (SSSR count). The molecule has 0 bridgehead atoms. The van der Waals surface area contributed by atoms with Crippen LogP contribution in [0.25, 0.3) is 6.08 Å². The van der Waals surface area contributed by atoms with Gasteiger partial charge in [0.25, 0.3) is 5.91 Å². The Hall–Kier alpha value is -2.48. The second-order valence-corrected chi connectivity index (χ2v) is 5.13. The Morgan fingerprint density at radius 3 is 3.05 bits per heavy atom. The number of rotatable bonds is 7. The second-order valence-electron chi connectivity index (χ2n) is 4.18. The van der Waals surface area contributed by atoms with Crippen LogP contribution in [0.5, 0.6) is 0 Å². The summed E-state index contributed by atoms with van der Waals surface area (Å²) in [7, 11) is 0. The van der Waals surface area contributed by atoms with Crippen molar-refractivity contribution in [1.29, 1.82) is 0 Å². The Kier molecular flexibility index (Phi) is 5.22. The molecule has 2 aromatic heterocycles. The van der Waals surface area contributed by atoms with E-state index in [4.69, 9.17) is 5.11 Å². The summed E-state index contributed by atoms with van der Waals surface area (Å²) in [4.78, 5) is 23.0. The van der Waals surface area contributed by atoms with Crippen molar-refractivity contribution in [3.8, 4) is 0 Å². The Balaban J connectivity index is 1.76. The van der Waals surface area contributed by atoms with Crippen LogP contribution in [0.3, 0.4) is 0 Å². The quantitative estimate of drug-likeness (QED) is 0.593. The Morgan fingerprint density at radius 1 is 1.48 bits per heavy atom. The van der Waals surface area contributed by atoms with Crippen molar-refractivity contribution >= 4 is 29.3 Å². The number of nitrogens with zero attached hydrogens (tertiary/aromatic N) is 3. The van der Waals surface area contributed by atoms with E-state index in [1.165, 1.54) is 17.4 Å². The summed E-state index contributed by atoms with van der Waals surface area (Å²) in [6.45, 7) is 1.23. The summed E-state index contributed by atoms with van der Waals surface area (Å²) in [5, 5.41) is 20.6. The molecule has 0 aliphatic heterocycles. The first-order valence-electron chi connectivity index (χ1n) is 6.27. The molecule has 7 nitrogen and oxygen atoms in total. The van der Waals surface area contributed by atoms with Gasteiger partial charge < -0.3 is 10.4 Å². The maximum absolute atomic E-state index is 11.9. The highest BCUT2D eigenvalue weighted by Crippen LogP contribution is 2.16. The normalized spacial score (nSPS) is 10.9. The third-order valence-electron chi connectivity index (χ3n) is 2.59. The molecule has 0 atom stereocenters. The SMILES string of the molecule is O=C(O)/C=C/c1cc(C(=O)NCCCn2ccnn2)cs1. The molecule has 2 heterocycles. The number of nitrogens with one attached hydrogen (secondary N) is 1. The lowest BCUT2D eigenvalue weighted by molar-refractivity contribution is -0.131. The third-order valence-corrected chi connectivity index (χ3v) is 3.49. The Morgan fingerprint density at radius 2 is 2.33 bits per heavy atom. The van der Waals surface area contributed by atoms with E-state index in [0.29, 0.717) is 18.7 Å². The molecule has 8 heteroatoms. The van der Waals surface area contributed by atoms with Gasteiger partial charge in [0.2, 0.25) is 0 Å². The molecule has 0 saturated carbocycles. The van der Waals surface area contributed by atoms with Crippen molar-refractivity contribution < 1.29 is 14.7 Å². The molecule has 110 valence electrons. The number of carbonyl (C=O) groups is 2. The lowest BCUT2D eigenvalue weighted by atomic mass is 10.2. The molecule has 0 spiro atoms. The average Bonchev–Trinajstić information content (AvgIpc) is 3.12. The topological polar surface area (TPSA) is 97.1 Å². The lowest BCUT2D eigenvalue weighted by Gasteiger charge is -2.03. The van der Waals surface area contributed by atoms with Gasteiger partial charge in [-0.3, -0.25) is 9.48 Å². The van der Waals surface area contributed by atoms with Gasteiger partial charge in [-0.1, -0.05) is 5.21 Å². The van der Waals surface area contributed by atoms with Crippen LogP contribution in [0, 0.1) is 0 Å². The van der Waals surface area contributed by atoms with Crippen LogP contribution in [0.1, 0.15) is 21.7 Å². The van der Waals surface area contributed by atoms with E-state index < -0.39 is 5.97 Å². The number of aromatic nitrogens is 3. The first kappa shape index (κ1) is 14.9. The highest BCUT2D eigenvalue weighted by molar-refractivity contribution is 7.11. The largest absolute Gasteiger partial charge is 0.478 e. The van der Waals surface area contributed by atoms with E-state index in [1.807, 2.05) is 0 Å². The number of carboxylic acids is 1. The molecule has 0 fully saturated rings. The summed E-state index contributed by atoms with van der Waals surface area (Å²) < 4.78 is 1.70. The van der Waals surface area contributed by atoms with Gasteiger partial charge in [-0.05, 0) is 18.6 Å². The van der Waals surface area contributed by atoms with E-state index in [-0.39, 0.29) is 5.91 Å². The van der Waals surface area contributed by atoms with Crippen molar-refractivity contribution in [1.82, 2.24) is 20.3 Å². The number of aliphatic carboxylic acids is 1. The minimum absolute atomic E-state index is 0.167. The number of hydrogen-bond acceptors (Lipinski definition) is 5. The lowest BCUT2D eigenvalue weighted by Crippen LogP contribution is -2.24. The molecule has 1 amide bonds. The molecule has 0 radical (unpaired) electrons. The molecule has 21 heavy (non-hydrogen) atoms. The van der Waals surface area contributed by atoms with Crippen LogP contribution in [0.2, 0.25) is 0 Å². The van der Waals surface area contributed by atoms with Crippen LogP contribution < -0.4 is 5.32 Å². The Bertz CT molecular complexity index is 634. The zero-order valence-electron chi connectivity index (χ0n) is 11.1. The van der Waals surface area contributed by atoms with Gasteiger partial charge in [0.05, 0.1) is 11.8 Å². The maximum atomic E-state index is 11.9. The smallest absolute Gasteiger partial charge is 0.328 e. The predicted octanol–water partition coefficient (Wildman–Crippen LogP) is 1.26. The molecule has 0 aliphatic rings. The molecule has 2 aromatic rings. The van der Waals surface area contributed by atoms with Gasteiger partial charge in [0.15, 0.2) is 0 Å². The summed E-state index contributed by atoms with van der Waals surface area (Å²) in [5.41, 5.74) is 0.533. The van der Waals surface area contributed by atoms with Gasteiger partial charge in [-0.25, -0.2) is 4.79 Å². The summed E-state index contributed by atoms with van der Waals surface area (Å²) >= 11 is 1.32. The summed E-state index contributed by atoms with van der Waals surface area (Å²) in [5.74, 6) is -1.18. The maximum Gasteiger partial charge on any atom is 0.328 e. The number of carbonyl (C=O) groups excluding carboxylic acids is 1. The van der Waals surface area contributed by atoms with Crippen LogP contribution >= 0.6 is 11.3 Å². The van der Waals surface area contributed by atoms with Crippen molar-refractivity contribution in [3.63, 3.8) is 0 Å². The van der Waals surface area contributed by atoms with E-state index in [9.17, 15) is 9.59 Å². The molecule has 0 saturated heterocycles. The molecule has 0 aliphatic carbocycles. The van der Waals surface area contributed by atoms with E-state index >= 15 is 0 Å². The standard InChI is InChI=1S/C13H14N4O3S/c18-12(19)3-2-11-8-10(9-21-11)13(20)14-4-1-6-17-7-5-15-16-17/h2-3,5,7-9H,1,4,6H2,(H,14,20)(H,18,19)/b3-2+. The highest BCUT2D eigenvalue weighted by atomic mass is 32.1. The van der Waals surface area contributed by atoms with Crippen molar-refractivity contribution in [2.24, 2.45) is 0 Å². The number of aryl methyl sites for hydroxylation is 1. The van der Waals surface area contributed by atoms with Crippen molar-refractivity contribution in [3.05, 3.63) is 40.4 Å².